The Labute approximate surface area is 117 Å². The minimum absolute atomic E-state index is 0.792. The molecular weight excluding hydrogens is 298 g/mol. The van der Waals surface area contributed by atoms with Gasteiger partial charge in [0.2, 0.25) is 0 Å². The Morgan fingerprint density at radius 1 is 1.47 bits per heavy atom. The van der Waals surface area contributed by atoms with Gasteiger partial charge in [0.15, 0.2) is 0 Å². The highest BCUT2D eigenvalue weighted by Gasteiger charge is 2.24. The van der Waals surface area contributed by atoms with Crippen LogP contribution in [0.1, 0.15) is 25.8 Å². The van der Waals surface area contributed by atoms with Gasteiger partial charge in [0.05, 0.1) is 0 Å². The lowest BCUT2D eigenvalue weighted by atomic mass is 9.95. The van der Waals surface area contributed by atoms with Crippen molar-refractivity contribution in [1.29, 1.82) is 0 Å². The van der Waals surface area contributed by atoms with Crippen LogP contribution in [0.15, 0.2) is 22.7 Å². The van der Waals surface area contributed by atoms with Gasteiger partial charge in [-0.2, -0.15) is 0 Å². The monoisotopic (exact) mass is 315 g/mol. The molecule has 1 aromatic rings. The molecule has 0 saturated carbocycles. The van der Waals surface area contributed by atoms with Crippen LogP contribution in [0.4, 0.5) is 0 Å². The fraction of sp³-hybridized carbons (Fsp3) is 0.571. The van der Waals surface area contributed by atoms with Crippen molar-refractivity contribution in [1.82, 2.24) is 4.90 Å². The van der Waals surface area contributed by atoms with Crippen LogP contribution >= 0.6 is 27.5 Å². The fourth-order valence-electron chi connectivity index (χ4n) is 2.44. The second-order valence-corrected chi connectivity index (χ2v) is 6.59. The lowest BCUT2D eigenvalue weighted by molar-refractivity contribution is 0.297. The van der Waals surface area contributed by atoms with Crippen molar-refractivity contribution < 1.29 is 0 Å². The maximum atomic E-state index is 6.25. The third kappa shape index (κ3) is 3.46. The number of nitrogens with zero attached hydrogens (tertiary/aromatic N) is 1. The highest BCUT2D eigenvalue weighted by Crippen LogP contribution is 2.27. The van der Waals surface area contributed by atoms with E-state index in [1.165, 1.54) is 25.1 Å². The van der Waals surface area contributed by atoms with Crippen LogP contribution in [0, 0.1) is 11.8 Å². The first-order chi connectivity index (χ1) is 8.06. The maximum absolute atomic E-state index is 6.25. The van der Waals surface area contributed by atoms with Gasteiger partial charge in [-0.05, 0) is 42.5 Å². The normalized spacial score (nSPS) is 21.4. The van der Waals surface area contributed by atoms with Gasteiger partial charge in [-0.25, -0.2) is 0 Å². The highest BCUT2D eigenvalue weighted by molar-refractivity contribution is 9.10. The van der Waals surface area contributed by atoms with Gasteiger partial charge in [-0.3, -0.25) is 4.90 Å². The molecule has 0 bridgehead atoms. The zero-order valence-corrected chi connectivity index (χ0v) is 12.8. The van der Waals surface area contributed by atoms with E-state index in [0.717, 1.165) is 27.9 Å². The molecule has 1 nitrogen and oxygen atoms in total. The Kier molecular flexibility index (Phi) is 4.51. The number of benzene rings is 1. The smallest absolute Gasteiger partial charge is 0.0462 e. The molecule has 1 aliphatic rings. The number of hydrogen-bond donors (Lipinski definition) is 0. The van der Waals surface area contributed by atoms with Crippen molar-refractivity contribution in [2.45, 2.75) is 26.8 Å². The summed E-state index contributed by atoms with van der Waals surface area (Å²) in [5.74, 6) is 1.64. The maximum Gasteiger partial charge on any atom is 0.0462 e. The van der Waals surface area contributed by atoms with Crippen molar-refractivity contribution in [2.24, 2.45) is 11.8 Å². The highest BCUT2D eigenvalue weighted by atomic mass is 79.9. The molecule has 0 spiro atoms. The molecule has 0 radical (unpaired) electrons. The van der Waals surface area contributed by atoms with E-state index in [0.29, 0.717) is 0 Å². The van der Waals surface area contributed by atoms with Crippen LogP contribution in [0.5, 0.6) is 0 Å². The predicted octanol–water partition coefficient (Wildman–Crippen LogP) is 4.58. The Morgan fingerprint density at radius 2 is 2.24 bits per heavy atom. The summed E-state index contributed by atoms with van der Waals surface area (Å²) in [4.78, 5) is 2.51. The van der Waals surface area contributed by atoms with Crippen molar-refractivity contribution in [3.05, 3.63) is 33.3 Å². The van der Waals surface area contributed by atoms with Gasteiger partial charge >= 0.3 is 0 Å². The number of hydrogen-bond acceptors (Lipinski definition) is 1. The quantitative estimate of drug-likeness (QED) is 0.789. The van der Waals surface area contributed by atoms with E-state index < -0.39 is 0 Å². The molecule has 0 aromatic heterocycles. The molecule has 3 heteroatoms. The van der Waals surface area contributed by atoms with E-state index >= 15 is 0 Å². The second kappa shape index (κ2) is 5.73. The summed E-state index contributed by atoms with van der Waals surface area (Å²) in [7, 11) is 0. The molecule has 1 unspecified atom stereocenters. The van der Waals surface area contributed by atoms with Gasteiger partial charge in [0.1, 0.15) is 0 Å². The van der Waals surface area contributed by atoms with Gasteiger partial charge < -0.3 is 0 Å². The molecule has 1 heterocycles. The zero-order valence-electron chi connectivity index (χ0n) is 10.4. The fourth-order valence-corrected chi connectivity index (χ4v) is 3.17. The first-order valence-corrected chi connectivity index (χ1v) is 7.39. The van der Waals surface area contributed by atoms with E-state index in [1.807, 2.05) is 6.07 Å². The van der Waals surface area contributed by atoms with Crippen LogP contribution < -0.4 is 0 Å². The summed E-state index contributed by atoms with van der Waals surface area (Å²) in [6, 6.07) is 6.17. The molecule has 0 amide bonds. The van der Waals surface area contributed by atoms with Gasteiger partial charge in [0, 0.05) is 22.6 Å². The zero-order chi connectivity index (χ0) is 12.4. The van der Waals surface area contributed by atoms with Crippen LogP contribution in [-0.2, 0) is 6.54 Å². The average Bonchev–Trinajstić information content (AvgIpc) is 2.71. The molecule has 1 aliphatic heterocycles. The van der Waals surface area contributed by atoms with E-state index in [2.05, 4.69) is 46.8 Å². The van der Waals surface area contributed by atoms with E-state index in [4.69, 9.17) is 11.6 Å². The molecule has 1 fully saturated rings. The SMILES string of the molecule is CC(C)C1CCN(Cc2ccc(Br)cc2Cl)C1. The minimum Gasteiger partial charge on any atom is -0.299 e. The lowest BCUT2D eigenvalue weighted by Crippen LogP contribution is -2.21. The topological polar surface area (TPSA) is 3.24 Å². The summed E-state index contributed by atoms with van der Waals surface area (Å²) in [5, 5.41) is 0.868. The largest absolute Gasteiger partial charge is 0.299 e. The van der Waals surface area contributed by atoms with Crippen molar-refractivity contribution in [3.63, 3.8) is 0 Å². The van der Waals surface area contributed by atoms with Crippen molar-refractivity contribution in [3.8, 4) is 0 Å². The lowest BCUT2D eigenvalue weighted by Gasteiger charge is -2.18. The number of halogens is 2. The molecule has 0 N–H and O–H groups in total. The summed E-state index contributed by atoms with van der Waals surface area (Å²) in [6.07, 6.45) is 1.33. The third-order valence-corrected chi connectivity index (χ3v) is 4.51. The summed E-state index contributed by atoms with van der Waals surface area (Å²) in [5.41, 5.74) is 1.24. The Hall–Kier alpha value is -0.0500. The first kappa shape index (κ1) is 13.4. The first-order valence-electron chi connectivity index (χ1n) is 6.22. The second-order valence-electron chi connectivity index (χ2n) is 5.26. The van der Waals surface area contributed by atoms with Crippen LogP contribution in [0.25, 0.3) is 0 Å². The molecule has 2 rings (SSSR count). The summed E-state index contributed by atoms with van der Waals surface area (Å²) >= 11 is 9.69. The standard InChI is InChI=1S/C14H19BrClN/c1-10(2)11-5-6-17(8-11)9-12-3-4-13(15)7-14(12)16/h3-4,7,10-11H,5-6,8-9H2,1-2H3. The van der Waals surface area contributed by atoms with Crippen molar-refractivity contribution >= 4 is 27.5 Å². The van der Waals surface area contributed by atoms with Gasteiger partial charge in [-0.1, -0.05) is 47.4 Å². The van der Waals surface area contributed by atoms with Gasteiger partial charge in [0.25, 0.3) is 0 Å². The van der Waals surface area contributed by atoms with Crippen LogP contribution in [-0.4, -0.2) is 18.0 Å². The third-order valence-electron chi connectivity index (χ3n) is 3.66. The van der Waals surface area contributed by atoms with E-state index in [-0.39, 0.29) is 0 Å². The molecule has 1 aromatic carbocycles. The molecule has 1 atom stereocenters. The van der Waals surface area contributed by atoms with E-state index in [1.54, 1.807) is 0 Å². The number of rotatable bonds is 3. The van der Waals surface area contributed by atoms with Crippen molar-refractivity contribution in [2.75, 3.05) is 13.1 Å². The molecule has 17 heavy (non-hydrogen) atoms. The average molecular weight is 317 g/mol. The van der Waals surface area contributed by atoms with Crippen LogP contribution in [0.3, 0.4) is 0 Å². The Bertz CT molecular complexity index is 392. The number of likely N-dealkylation sites (tertiary alicyclic amines) is 1. The summed E-state index contributed by atoms with van der Waals surface area (Å²) in [6.45, 7) is 8.04. The molecule has 94 valence electrons. The minimum atomic E-state index is 0.792. The Balaban J connectivity index is 1.98. The Morgan fingerprint density at radius 3 is 2.82 bits per heavy atom. The van der Waals surface area contributed by atoms with Gasteiger partial charge in [-0.15, -0.1) is 0 Å². The molecule has 1 saturated heterocycles. The summed E-state index contributed by atoms with van der Waals surface area (Å²) < 4.78 is 1.05. The predicted molar refractivity (Wildman–Crippen MR) is 77.4 cm³/mol. The van der Waals surface area contributed by atoms with E-state index in [9.17, 15) is 0 Å². The molecule has 0 aliphatic carbocycles. The molecular formula is C14H19BrClN. The van der Waals surface area contributed by atoms with Crippen LogP contribution in [0.2, 0.25) is 5.02 Å².